The molecule has 0 aromatic heterocycles. The minimum atomic E-state index is -2.42. The fraction of sp³-hybridized carbons (Fsp3) is 0.369. The summed E-state index contributed by atoms with van der Waals surface area (Å²) in [4.78, 5) is 14.2. The van der Waals surface area contributed by atoms with E-state index in [-0.39, 0.29) is 52.3 Å². The molecule has 0 bridgehead atoms. The van der Waals surface area contributed by atoms with Gasteiger partial charge in [0.05, 0.1) is 83.2 Å². The molecule has 2 saturated heterocycles. The summed E-state index contributed by atoms with van der Waals surface area (Å²) in [7, 11) is 1.44. The highest BCUT2D eigenvalue weighted by atomic mass is 19.2. The lowest BCUT2D eigenvalue weighted by Crippen LogP contribution is -2.65. The molecule has 0 unspecified atom stereocenters. The Hall–Kier alpha value is -6.48. The van der Waals surface area contributed by atoms with Crippen molar-refractivity contribution >= 4 is 5.97 Å². The first kappa shape index (κ1) is 60.1. The second-order valence-electron chi connectivity index (χ2n) is 20.3. The summed E-state index contributed by atoms with van der Waals surface area (Å²) < 4.78 is 147. The summed E-state index contributed by atoms with van der Waals surface area (Å²) in [5, 5.41) is 0. The highest BCUT2D eigenvalue weighted by molar-refractivity contribution is 5.73. The molecule has 6 aromatic rings. The molecule has 82 heavy (non-hydrogen) atoms. The molecule has 3 aliphatic rings. The molecule has 2 fully saturated rings. The van der Waals surface area contributed by atoms with E-state index in [0.29, 0.717) is 19.6 Å². The molecule has 17 heteroatoms. The normalized spacial score (nSPS) is 25.9. The Balaban J connectivity index is 1.08. The number of rotatable bonds is 25. The van der Waals surface area contributed by atoms with E-state index >= 15 is 8.78 Å². The van der Waals surface area contributed by atoms with Gasteiger partial charge in [-0.3, -0.25) is 4.79 Å². The largest absolute Gasteiger partial charge is 0.420 e. The van der Waals surface area contributed by atoms with Crippen molar-refractivity contribution in [2.24, 2.45) is 0 Å². The molecule has 3 heterocycles. The Morgan fingerprint density at radius 3 is 1.55 bits per heavy atom. The SMILES string of the molecule is C=CC[C@H]1O[C@@H](COCc2ccccc2)[C@H](OCc2ccccc2)C/C=C\[C@@H]1O[C@@H]1C[C@@H](OCc2ccccc2)[C@]2(OC)O[C@H](COCc3ccccc3)[C@@H](OCc3ccccc3)C[C@H]2O[C@H]1CC(=O)Oc1c(F)c(F)c(F)c(F)c1F. The molecule has 3 aliphatic heterocycles. The molecule has 12 nitrogen and oxygen atoms in total. The summed E-state index contributed by atoms with van der Waals surface area (Å²) >= 11 is 0. The van der Waals surface area contributed by atoms with Gasteiger partial charge in [-0.05, 0) is 40.7 Å². The van der Waals surface area contributed by atoms with Gasteiger partial charge in [0.1, 0.15) is 30.5 Å². The van der Waals surface area contributed by atoms with Crippen LogP contribution in [0.5, 0.6) is 5.75 Å². The van der Waals surface area contributed by atoms with Gasteiger partial charge >= 0.3 is 5.97 Å². The van der Waals surface area contributed by atoms with Crippen molar-refractivity contribution in [3.05, 3.63) is 233 Å². The smallest absolute Gasteiger partial charge is 0.314 e. The molecular weight excluding hydrogens is 1070 g/mol. The third kappa shape index (κ3) is 15.6. The van der Waals surface area contributed by atoms with E-state index in [1.807, 2.05) is 164 Å². The Morgan fingerprint density at radius 2 is 1.04 bits per heavy atom. The third-order valence-electron chi connectivity index (χ3n) is 14.6. The Kier molecular flexibility index (Phi) is 21.8. The first-order valence-electron chi connectivity index (χ1n) is 27.4. The number of ether oxygens (including phenoxy) is 11. The van der Waals surface area contributed by atoms with Crippen LogP contribution in [0.4, 0.5) is 22.0 Å². The molecule has 0 spiro atoms. The van der Waals surface area contributed by atoms with Crippen molar-refractivity contribution in [2.75, 3.05) is 20.3 Å². The Labute approximate surface area is 474 Å². The van der Waals surface area contributed by atoms with E-state index in [1.165, 1.54) is 7.11 Å². The lowest BCUT2D eigenvalue weighted by molar-refractivity contribution is -0.377. The molecule has 11 atom stereocenters. The zero-order chi connectivity index (χ0) is 57.3. The second-order valence-corrected chi connectivity index (χ2v) is 20.3. The van der Waals surface area contributed by atoms with Crippen LogP contribution in [0.3, 0.4) is 0 Å². The van der Waals surface area contributed by atoms with Crippen LogP contribution in [0, 0.1) is 29.1 Å². The molecule has 434 valence electrons. The molecule has 0 radical (unpaired) electrons. The number of benzene rings is 6. The van der Waals surface area contributed by atoms with Gasteiger partial charge in [0.2, 0.25) is 40.6 Å². The predicted molar refractivity (Wildman–Crippen MR) is 292 cm³/mol. The van der Waals surface area contributed by atoms with Crippen molar-refractivity contribution < 1.29 is 78.9 Å². The van der Waals surface area contributed by atoms with Gasteiger partial charge < -0.3 is 52.1 Å². The van der Waals surface area contributed by atoms with Crippen LogP contribution in [-0.4, -0.2) is 93.1 Å². The molecular formula is C65H67F5O12. The molecule has 6 aromatic carbocycles. The van der Waals surface area contributed by atoms with Crippen LogP contribution in [0.15, 0.2) is 176 Å². The zero-order valence-electron chi connectivity index (χ0n) is 45.4. The fourth-order valence-corrected chi connectivity index (χ4v) is 10.4. The summed E-state index contributed by atoms with van der Waals surface area (Å²) in [5.41, 5.74) is 4.50. The average Bonchev–Trinajstić information content (AvgIpc) is 3.79. The Morgan fingerprint density at radius 1 is 0.561 bits per heavy atom. The monoisotopic (exact) mass is 1130 g/mol. The number of hydrogen-bond donors (Lipinski definition) is 0. The van der Waals surface area contributed by atoms with Gasteiger partial charge in [-0.15, -0.1) is 6.58 Å². The number of esters is 1. The van der Waals surface area contributed by atoms with E-state index in [4.69, 9.17) is 52.1 Å². The van der Waals surface area contributed by atoms with Crippen molar-refractivity contribution in [1.29, 1.82) is 0 Å². The van der Waals surface area contributed by atoms with Crippen molar-refractivity contribution in [2.45, 2.75) is 132 Å². The summed E-state index contributed by atoms with van der Waals surface area (Å²) in [6, 6.07) is 47.9. The number of fused-ring (bicyclic) bond motifs is 1. The van der Waals surface area contributed by atoms with Crippen molar-refractivity contribution in [1.82, 2.24) is 0 Å². The topological polar surface area (TPSA) is 119 Å². The number of halogens is 5. The molecule has 0 N–H and O–H groups in total. The van der Waals surface area contributed by atoms with Crippen LogP contribution in [0.25, 0.3) is 0 Å². The lowest BCUT2D eigenvalue weighted by atomic mass is 9.89. The van der Waals surface area contributed by atoms with Gasteiger partial charge in [-0.25, -0.2) is 13.2 Å². The molecule has 0 aliphatic carbocycles. The highest BCUT2D eigenvalue weighted by Crippen LogP contribution is 2.45. The van der Waals surface area contributed by atoms with Gasteiger partial charge in [0.25, 0.3) is 0 Å². The van der Waals surface area contributed by atoms with E-state index in [2.05, 4.69) is 6.58 Å². The fourth-order valence-electron chi connectivity index (χ4n) is 10.4. The van der Waals surface area contributed by atoms with Gasteiger partial charge in [0.15, 0.2) is 0 Å². The average molecular weight is 1140 g/mol. The van der Waals surface area contributed by atoms with Crippen LogP contribution >= 0.6 is 0 Å². The summed E-state index contributed by atoms with van der Waals surface area (Å²) in [6.07, 6.45) is -4.23. The number of hydrogen-bond acceptors (Lipinski definition) is 12. The highest BCUT2D eigenvalue weighted by Gasteiger charge is 2.60. The van der Waals surface area contributed by atoms with Gasteiger partial charge in [-0.2, -0.15) is 8.78 Å². The quantitative estimate of drug-likeness (QED) is 0.0136. The van der Waals surface area contributed by atoms with Crippen molar-refractivity contribution in [3.63, 3.8) is 0 Å². The van der Waals surface area contributed by atoms with Crippen LogP contribution in [0.1, 0.15) is 59.9 Å². The molecule has 9 rings (SSSR count). The maximum absolute atomic E-state index is 15.2. The Bertz CT molecular complexity index is 2940. The standard InChI is InChI=1S/C65H67F5O12/c1-3-20-49-50(32-19-31-48(75-38-45-25-13-6-14-26-45)54(79-49)41-73-36-43-21-9-4-10-22-43)78-52-34-56(77-40-47-29-17-8-18-30-47)65(72-2)57(80-53(52)35-58(71)81-64-62(69)60(67)59(66)61(68)63(64)70)33-51(76-39-46-27-15-7-16-28-46)55(82-65)42-74-37-44-23-11-5-12-24-44/h3-19,21-30,32,48-57H,1,20,31,33-42H2,2H3/b32-19-/t48-,49-,50+,51+,52-,53+,54+,55-,56-,57-,65+/m1/s1. The second kappa shape index (κ2) is 29.7. The summed E-state index contributed by atoms with van der Waals surface area (Å²) in [6.45, 7) is 5.22. The predicted octanol–water partition coefficient (Wildman–Crippen LogP) is 12.2. The first-order chi connectivity index (χ1) is 40.0. The van der Waals surface area contributed by atoms with E-state index in [0.717, 1.165) is 27.8 Å². The third-order valence-corrected chi connectivity index (χ3v) is 14.6. The lowest BCUT2D eigenvalue weighted by Gasteiger charge is -2.50. The maximum Gasteiger partial charge on any atom is 0.314 e. The van der Waals surface area contributed by atoms with Gasteiger partial charge in [-0.1, -0.05) is 170 Å². The van der Waals surface area contributed by atoms with Crippen LogP contribution in [0.2, 0.25) is 0 Å². The minimum absolute atomic E-state index is 0.0227. The zero-order valence-corrected chi connectivity index (χ0v) is 45.4. The van der Waals surface area contributed by atoms with Crippen LogP contribution in [-0.2, 0) is 85.2 Å². The molecule has 0 amide bonds. The number of carbonyl (C=O) groups excluding carboxylic acids is 1. The molecule has 0 saturated carbocycles. The van der Waals surface area contributed by atoms with E-state index in [1.54, 1.807) is 6.08 Å². The first-order valence-corrected chi connectivity index (χ1v) is 27.4. The summed E-state index contributed by atoms with van der Waals surface area (Å²) in [5.74, 6) is -16.6. The van der Waals surface area contributed by atoms with Gasteiger partial charge in [0, 0.05) is 20.0 Å². The van der Waals surface area contributed by atoms with E-state index < -0.39 is 114 Å². The number of methoxy groups -OCH3 is 1. The van der Waals surface area contributed by atoms with Crippen molar-refractivity contribution in [3.8, 4) is 5.75 Å². The maximum atomic E-state index is 15.2. The van der Waals surface area contributed by atoms with Crippen LogP contribution < -0.4 is 4.74 Å². The van der Waals surface area contributed by atoms with E-state index in [9.17, 15) is 18.0 Å². The number of carbonyl (C=O) groups is 1. The minimum Gasteiger partial charge on any atom is -0.420 e.